The highest BCUT2D eigenvalue weighted by Gasteiger charge is 1.83. The van der Waals surface area contributed by atoms with Crippen LogP contribution in [0.25, 0.3) is 0 Å². The van der Waals surface area contributed by atoms with Crippen molar-refractivity contribution >= 4 is 22.6 Å². The third kappa shape index (κ3) is 11.9. The molecule has 0 saturated heterocycles. The van der Waals surface area contributed by atoms with Crippen LogP contribution < -0.4 is 5.32 Å². The Hall–Kier alpha value is -0.130. The Morgan fingerprint density at radius 2 is 2.12 bits per heavy atom. The first-order valence-corrected chi connectivity index (χ1v) is 6.77. The lowest BCUT2D eigenvalue weighted by molar-refractivity contribution is 0.204. The maximum atomic E-state index is 4.98. The maximum absolute atomic E-state index is 4.98. The van der Waals surface area contributed by atoms with Crippen molar-refractivity contribution in [3.8, 4) is 0 Å². The van der Waals surface area contributed by atoms with Gasteiger partial charge in [-0.05, 0) is 54.6 Å². The number of hydrogen-bond donors (Lipinski definition) is 1. The quantitative estimate of drug-likeness (QED) is 0.396. The van der Waals surface area contributed by atoms with Crippen LogP contribution >= 0.6 is 22.6 Å². The van der Waals surface area contributed by atoms with Crippen molar-refractivity contribution in [1.82, 2.24) is 5.32 Å². The summed E-state index contributed by atoms with van der Waals surface area (Å²) in [4.78, 5) is 0. The third-order valence-electron chi connectivity index (χ3n) is 1.90. The van der Waals surface area contributed by atoms with Crippen LogP contribution in [0.15, 0.2) is 34.0 Å². The fourth-order valence-electron chi connectivity index (χ4n) is 1.07. The molecule has 3 heteroatoms. The van der Waals surface area contributed by atoms with E-state index in [2.05, 4.69) is 65.2 Å². The van der Waals surface area contributed by atoms with Crippen LogP contribution in [0.5, 0.6) is 0 Å². The van der Waals surface area contributed by atoms with Gasteiger partial charge in [0.05, 0.1) is 0 Å². The molecule has 0 spiro atoms. The number of methoxy groups -OCH3 is 1. The summed E-state index contributed by atoms with van der Waals surface area (Å²) in [6, 6.07) is 0. The molecule has 16 heavy (non-hydrogen) atoms. The largest absolute Gasteiger partial charge is 0.384 e. The number of halogens is 1. The molecule has 0 aliphatic rings. The third-order valence-corrected chi connectivity index (χ3v) is 2.70. The Balaban J connectivity index is 3.61. The molecule has 0 fully saturated rings. The molecule has 0 saturated carbocycles. The van der Waals surface area contributed by atoms with Crippen LogP contribution in [0.1, 0.15) is 19.8 Å². The van der Waals surface area contributed by atoms with Gasteiger partial charge in [-0.25, -0.2) is 0 Å². The molecule has 0 aromatic carbocycles. The van der Waals surface area contributed by atoms with Gasteiger partial charge in [0.1, 0.15) is 0 Å². The summed E-state index contributed by atoms with van der Waals surface area (Å²) in [7, 11) is 1.73. The monoisotopic (exact) mass is 335 g/mol. The number of rotatable bonds is 9. The zero-order valence-electron chi connectivity index (χ0n) is 10.2. The van der Waals surface area contributed by atoms with Gasteiger partial charge in [-0.15, -0.1) is 0 Å². The van der Waals surface area contributed by atoms with Gasteiger partial charge in [-0.1, -0.05) is 31.2 Å². The Morgan fingerprint density at radius 1 is 1.31 bits per heavy atom. The van der Waals surface area contributed by atoms with E-state index >= 15 is 0 Å². The smallest absolute Gasteiger partial charge is 0.0497 e. The Labute approximate surface area is 113 Å². The molecule has 92 valence electrons. The number of nitrogens with one attached hydrogen (secondary N) is 1. The van der Waals surface area contributed by atoms with E-state index in [4.69, 9.17) is 4.74 Å². The minimum absolute atomic E-state index is 0.791. The standard InChI is InChI=1S/C13H22INO/c1-3-15-11-7-5-4-6-9-13(14)10-8-12-16-2/h4-6,9-10,15H,3,7-8,11-12H2,1-2H3/b5-4+,9-6+,13-10+. The van der Waals surface area contributed by atoms with Crippen molar-refractivity contribution < 1.29 is 4.74 Å². The second kappa shape index (κ2) is 12.9. The molecule has 0 aromatic heterocycles. The van der Waals surface area contributed by atoms with Crippen LogP contribution in [0.2, 0.25) is 0 Å². The summed E-state index contributed by atoms with van der Waals surface area (Å²) in [6.45, 7) is 5.01. The van der Waals surface area contributed by atoms with Crippen molar-refractivity contribution in [1.29, 1.82) is 0 Å². The fraction of sp³-hybridized carbons (Fsp3) is 0.538. The molecule has 0 atom stereocenters. The van der Waals surface area contributed by atoms with E-state index in [0.29, 0.717) is 0 Å². The summed E-state index contributed by atoms with van der Waals surface area (Å²) in [5.74, 6) is 0. The van der Waals surface area contributed by atoms with Crippen LogP contribution in [-0.4, -0.2) is 26.8 Å². The lowest BCUT2D eigenvalue weighted by Gasteiger charge is -1.94. The van der Waals surface area contributed by atoms with Crippen LogP contribution in [-0.2, 0) is 4.74 Å². The second-order valence-corrected chi connectivity index (χ2v) is 4.55. The zero-order valence-corrected chi connectivity index (χ0v) is 12.4. The van der Waals surface area contributed by atoms with Crippen molar-refractivity contribution in [3.05, 3.63) is 34.0 Å². The predicted octanol–water partition coefficient (Wildman–Crippen LogP) is 3.45. The molecular weight excluding hydrogens is 313 g/mol. The molecule has 0 rings (SSSR count). The van der Waals surface area contributed by atoms with Gasteiger partial charge in [0.15, 0.2) is 0 Å². The average molecular weight is 335 g/mol. The van der Waals surface area contributed by atoms with Crippen LogP contribution in [0.3, 0.4) is 0 Å². The van der Waals surface area contributed by atoms with Crippen molar-refractivity contribution in [3.63, 3.8) is 0 Å². The van der Waals surface area contributed by atoms with E-state index < -0.39 is 0 Å². The molecule has 0 aliphatic heterocycles. The Kier molecular flexibility index (Phi) is 12.8. The molecule has 2 nitrogen and oxygen atoms in total. The number of ether oxygens (including phenoxy) is 1. The Morgan fingerprint density at radius 3 is 2.81 bits per heavy atom. The van der Waals surface area contributed by atoms with Gasteiger partial charge in [-0.3, -0.25) is 0 Å². The molecular formula is C13H22INO. The molecule has 1 N–H and O–H groups in total. The van der Waals surface area contributed by atoms with Gasteiger partial charge >= 0.3 is 0 Å². The topological polar surface area (TPSA) is 21.3 Å². The summed E-state index contributed by atoms with van der Waals surface area (Å²) in [6.07, 6.45) is 12.7. The van der Waals surface area contributed by atoms with Crippen LogP contribution in [0, 0.1) is 0 Å². The minimum Gasteiger partial charge on any atom is -0.384 e. The molecule has 0 aromatic rings. The lowest BCUT2D eigenvalue weighted by Crippen LogP contribution is -2.12. The van der Waals surface area contributed by atoms with Gasteiger partial charge in [-0.2, -0.15) is 0 Å². The molecule has 0 aliphatic carbocycles. The molecule has 0 unspecified atom stereocenters. The molecule has 0 bridgehead atoms. The first-order chi connectivity index (χ1) is 7.81. The maximum Gasteiger partial charge on any atom is 0.0497 e. The first-order valence-electron chi connectivity index (χ1n) is 5.69. The molecule has 0 heterocycles. The van der Waals surface area contributed by atoms with E-state index in [-0.39, 0.29) is 0 Å². The fourth-order valence-corrected chi connectivity index (χ4v) is 1.59. The predicted molar refractivity (Wildman–Crippen MR) is 80.0 cm³/mol. The SMILES string of the molecule is CCNCC/C=C/C=C/C(I)=C\CCOC. The number of hydrogen-bond acceptors (Lipinski definition) is 2. The first kappa shape index (κ1) is 15.9. The van der Waals surface area contributed by atoms with E-state index in [1.54, 1.807) is 7.11 Å². The number of allylic oxidation sites excluding steroid dienone is 4. The highest BCUT2D eigenvalue weighted by atomic mass is 127. The zero-order chi connectivity index (χ0) is 12.1. The average Bonchev–Trinajstić information content (AvgIpc) is 2.28. The van der Waals surface area contributed by atoms with E-state index in [0.717, 1.165) is 32.5 Å². The molecule has 0 amide bonds. The van der Waals surface area contributed by atoms with Crippen LogP contribution in [0.4, 0.5) is 0 Å². The van der Waals surface area contributed by atoms with Gasteiger partial charge < -0.3 is 10.1 Å². The van der Waals surface area contributed by atoms with E-state index in [9.17, 15) is 0 Å². The van der Waals surface area contributed by atoms with Crippen molar-refractivity contribution in [2.45, 2.75) is 19.8 Å². The van der Waals surface area contributed by atoms with E-state index in [1.807, 2.05) is 0 Å². The van der Waals surface area contributed by atoms with Crippen molar-refractivity contribution in [2.75, 3.05) is 26.8 Å². The van der Waals surface area contributed by atoms with Gasteiger partial charge in [0.2, 0.25) is 0 Å². The summed E-state index contributed by atoms with van der Waals surface area (Å²) in [5.41, 5.74) is 0. The summed E-state index contributed by atoms with van der Waals surface area (Å²) < 4.78 is 6.24. The molecule has 0 radical (unpaired) electrons. The lowest BCUT2D eigenvalue weighted by atomic mass is 10.3. The van der Waals surface area contributed by atoms with E-state index in [1.165, 1.54) is 3.58 Å². The van der Waals surface area contributed by atoms with Gasteiger partial charge in [0, 0.05) is 17.3 Å². The highest BCUT2D eigenvalue weighted by molar-refractivity contribution is 14.1. The van der Waals surface area contributed by atoms with Gasteiger partial charge in [0.25, 0.3) is 0 Å². The summed E-state index contributed by atoms with van der Waals surface area (Å²) in [5, 5.41) is 3.28. The minimum atomic E-state index is 0.791. The summed E-state index contributed by atoms with van der Waals surface area (Å²) >= 11 is 2.33. The van der Waals surface area contributed by atoms with Crippen molar-refractivity contribution in [2.24, 2.45) is 0 Å². The highest BCUT2D eigenvalue weighted by Crippen LogP contribution is 2.08. The normalized spacial score (nSPS) is 13.1. The Bertz CT molecular complexity index is 234. The second-order valence-electron chi connectivity index (χ2n) is 3.30.